The molecule has 0 aliphatic rings. The fraction of sp³-hybridized carbons (Fsp3) is 0.294. The molecule has 2 nitrogen and oxygen atoms in total. The molecule has 0 saturated carbocycles. The maximum absolute atomic E-state index is 5.85. The second-order valence-corrected chi connectivity index (χ2v) is 5.97. The molecule has 0 heterocycles. The first-order valence-corrected chi connectivity index (χ1v) is 7.57. The molecule has 0 spiro atoms. The number of hydrogen-bond donors (Lipinski definition) is 1. The molecular weight excluding hydrogens is 314 g/mol. The fourth-order valence-corrected chi connectivity index (χ4v) is 2.51. The first kappa shape index (κ1) is 15.1. The zero-order chi connectivity index (χ0) is 14.5. The van der Waals surface area contributed by atoms with E-state index in [0.717, 1.165) is 27.7 Å². The van der Waals surface area contributed by atoms with Crippen LogP contribution in [0, 0.1) is 0 Å². The van der Waals surface area contributed by atoms with E-state index in [1.807, 2.05) is 18.2 Å². The van der Waals surface area contributed by atoms with E-state index in [4.69, 9.17) is 4.74 Å². The van der Waals surface area contributed by atoms with Crippen LogP contribution in [0.15, 0.2) is 53.0 Å². The summed E-state index contributed by atoms with van der Waals surface area (Å²) in [7, 11) is 0. The molecule has 0 radical (unpaired) electrons. The summed E-state index contributed by atoms with van der Waals surface area (Å²) < 4.78 is 6.85. The van der Waals surface area contributed by atoms with Crippen molar-refractivity contribution in [2.75, 3.05) is 13.2 Å². The Morgan fingerprint density at radius 2 is 2.00 bits per heavy atom. The van der Waals surface area contributed by atoms with Crippen LogP contribution in [0.25, 0.3) is 10.8 Å². The molecular formula is C17H20BrNO. The lowest BCUT2D eigenvalue weighted by Gasteiger charge is -2.13. The van der Waals surface area contributed by atoms with Gasteiger partial charge in [-0.3, -0.25) is 0 Å². The first-order valence-electron chi connectivity index (χ1n) is 6.78. The van der Waals surface area contributed by atoms with Gasteiger partial charge in [-0.1, -0.05) is 50.8 Å². The summed E-state index contributed by atoms with van der Waals surface area (Å²) in [4.78, 5) is 0. The number of ether oxygens (including phenoxy) is 1. The van der Waals surface area contributed by atoms with Crippen LogP contribution in [0.2, 0.25) is 0 Å². The SMILES string of the molecule is C=C(CNC(C)C)COc1ccc2ccccc2c1Br. The highest BCUT2D eigenvalue weighted by molar-refractivity contribution is 9.10. The molecule has 0 saturated heterocycles. The van der Waals surface area contributed by atoms with Crippen LogP contribution < -0.4 is 10.1 Å². The van der Waals surface area contributed by atoms with Crippen LogP contribution in [0.5, 0.6) is 5.75 Å². The van der Waals surface area contributed by atoms with E-state index in [-0.39, 0.29) is 0 Å². The lowest BCUT2D eigenvalue weighted by molar-refractivity contribution is 0.345. The monoisotopic (exact) mass is 333 g/mol. The average molecular weight is 334 g/mol. The van der Waals surface area contributed by atoms with Crippen molar-refractivity contribution < 1.29 is 4.74 Å². The van der Waals surface area contributed by atoms with Gasteiger partial charge in [-0.2, -0.15) is 0 Å². The molecule has 0 unspecified atom stereocenters. The molecule has 106 valence electrons. The van der Waals surface area contributed by atoms with Gasteiger partial charge in [0.2, 0.25) is 0 Å². The van der Waals surface area contributed by atoms with Crippen molar-refractivity contribution in [1.82, 2.24) is 5.32 Å². The second-order valence-electron chi connectivity index (χ2n) is 5.17. The Morgan fingerprint density at radius 1 is 1.25 bits per heavy atom. The third-order valence-corrected chi connectivity index (χ3v) is 3.84. The highest BCUT2D eigenvalue weighted by atomic mass is 79.9. The van der Waals surface area contributed by atoms with E-state index >= 15 is 0 Å². The third-order valence-electron chi connectivity index (χ3n) is 3.02. The molecule has 0 bridgehead atoms. The lowest BCUT2D eigenvalue weighted by Crippen LogP contribution is -2.26. The van der Waals surface area contributed by atoms with Crippen molar-refractivity contribution in [2.45, 2.75) is 19.9 Å². The molecule has 2 aromatic carbocycles. The van der Waals surface area contributed by atoms with E-state index in [0.29, 0.717) is 12.6 Å². The van der Waals surface area contributed by atoms with Gasteiger partial charge in [0.05, 0.1) is 4.47 Å². The molecule has 0 fully saturated rings. The maximum Gasteiger partial charge on any atom is 0.134 e. The van der Waals surface area contributed by atoms with Gasteiger partial charge in [-0.05, 0) is 38.3 Å². The highest BCUT2D eigenvalue weighted by Gasteiger charge is 2.06. The van der Waals surface area contributed by atoms with Crippen molar-refractivity contribution >= 4 is 26.7 Å². The van der Waals surface area contributed by atoms with Crippen LogP contribution in [0.3, 0.4) is 0 Å². The van der Waals surface area contributed by atoms with Crippen LogP contribution in [0.1, 0.15) is 13.8 Å². The molecule has 2 aromatic rings. The zero-order valence-corrected chi connectivity index (χ0v) is 13.5. The second kappa shape index (κ2) is 6.91. The molecule has 0 aliphatic carbocycles. The minimum Gasteiger partial charge on any atom is -0.488 e. The maximum atomic E-state index is 5.85. The number of rotatable bonds is 6. The van der Waals surface area contributed by atoms with E-state index in [2.05, 4.69) is 59.9 Å². The Bertz CT molecular complexity index is 607. The lowest BCUT2D eigenvalue weighted by atomic mass is 10.1. The summed E-state index contributed by atoms with van der Waals surface area (Å²) in [5.74, 6) is 0.856. The number of benzene rings is 2. The van der Waals surface area contributed by atoms with Gasteiger partial charge < -0.3 is 10.1 Å². The molecule has 0 aliphatic heterocycles. The molecule has 0 amide bonds. The third kappa shape index (κ3) is 3.84. The summed E-state index contributed by atoms with van der Waals surface area (Å²) in [5.41, 5.74) is 1.04. The van der Waals surface area contributed by atoms with Crippen LogP contribution in [-0.4, -0.2) is 19.2 Å². The Hall–Kier alpha value is -1.32. The first-order chi connectivity index (χ1) is 9.58. The number of halogens is 1. The van der Waals surface area contributed by atoms with Gasteiger partial charge in [0.25, 0.3) is 0 Å². The summed E-state index contributed by atoms with van der Waals surface area (Å²) in [6.45, 7) is 9.57. The Morgan fingerprint density at radius 3 is 2.75 bits per heavy atom. The Balaban J connectivity index is 2.03. The average Bonchev–Trinajstić information content (AvgIpc) is 2.44. The molecule has 0 aromatic heterocycles. The number of hydrogen-bond acceptors (Lipinski definition) is 2. The van der Waals surface area contributed by atoms with Gasteiger partial charge in [0, 0.05) is 12.6 Å². The predicted octanol–water partition coefficient (Wildman–Crippen LogP) is 4.54. The zero-order valence-electron chi connectivity index (χ0n) is 11.9. The van der Waals surface area contributed by atoms with Crippen molar-refractivity contribution in [1.29, 1.82) is 0 Å². The van der Waals surface area contributed by atoms with Crippen LogP contribution in [-0.2, 0) is 0 Å². The highest BCUT2D eigenvalue weighted by Crippen LogP contribution is 2.33. The molecule has 0 atom stereocenters. The van der Waals surface area contributed by atoms with Crippen LogP contribution in [0.4, 0.5) is 0 Å². The van der Waals surface area contributed by atoms with Crippen LogP contribution >= 0.6 is 15.9 Å². The molecule has 20 heavy (non-hydrogen) atoms. The molecule has 1 N–H and O–H groups in total. The van der Waals surface area contributed by atoms with Gasteiger partial charge in [0.1, 0.15) is 12.4 Å². The predicted molar refractivity (Wildman–Crippen MR) is 89.4 cm³/mol. The van der Waals surface area contributed by atoms with Crippen molar-refractivity contribution in [3.63, 3.8) is 0 Å². The van der Waals surface area contributed by atoms with E-state index in [1.165, 1.54) is 5.39 Å². The van der Waals surface area contributed by atoms with Crippen molar-refractivity contribution in [3.05, 3.63) is 53.0 Å². The molecule has 2 rings (SSSR count). The number of nitrogens with one attached hydrogen (secondary N) is 1. The standard InChI is InChI=1S/C17H20BrNO/c1-12(2)19-10-13(3)11-20-16-9-8-14-6-4-5-7-15(14)17(16)18/h4-9,12,19H,3,10-11H2,1-2H3. The van der Waals surface area contributed by atoms with E-state index in [9.17, 15) is 0 Å². The summed E-state index contributed by atoms with van der Waals surface area (Å²) in [5, 5.41) is 5.70. The van der Waals surface area contributed by atoms with Gasteiger partial charge in [-0.25, -0.2) is 0 Å². The van der Waals surface area contributed by atoms with Gasteiger partial charge in [0.15, 0.2) is 0 Å². The Labute approximate surface area is 129 Å². The summed E-state index contributed by atoms with van der Waals surface area (Å²) in [6, 6.07) is 12.8. The summed E-state index contributed by atoms with van der Waals surface area (Å²) in [6.07, 6.45) is 0. The Kier molecular flexibility index (Phi) is 5.21. The van der Waals surface area contributed by atoms with Gasteiger partial charge in [-0.15, -0.1) is 0 Å². The van der Waals surface area contributed by atoms with Crippen molar-refractivity contribution in [3.8, 4) is 5.75 Å². The largest absolute Gasteiger partial charge is 0.488 e. The normalized spacial score (nSPS) is 11.0. The topological polar surface area (TPSA) is 21.3 Å². The number of fused-ring (bicyclic) bond motifs is 1. The molecule has 3 heteroatoms. The fourth-order valence-electron chi connectivity index (χ4n) is 1.90. The quantitative estimate of drug-likeness (QED) is 0.784. The van der Waals surface area contributed by atoms with E-state index in [1.54, 1.807) is 0 Å². The minimum absolute atomic E-state index is 0.458. The smallest absolute Gasteiger partial charge is 0.134 e. The van der Waals surface area contributed by atoms with Gasteiger partial charge >= 0.3 is 0 Å². The van der Waals surface area contributed by atoms with E-state index < -0.39 is 0 Å². The summed E-state index contributed by atoms with van der Waals surface area (Å²) >= 11 is 3.62. The minimum atomic E-state index is 0.458. The van der Waals surface area contributed by atoms with Crippen molar-refractivity contribution in [2.24, 2.45) is 0 Å².